The van der Waals surface area contributed by atoms with Gasteiger partial charge in [0, 0.05) is 6.42 Å². The summed E-state index contributed by atoms with van der Waals surface area (Å²) in [5.41, 5.74) is 4.25. The Labute approximate surface area is 176 Å². The van der Waals surface area contributed by atoms with Crippen LogP contribution in [0.4, 0.5) is 0 Å². The van der Waals surface area contributed by atoms with Crippen molar-refractivity contribution in [3.8, 4) is 0 Å². The molecule has 0 aliphatic carbocycles. The maximum absolute atomic E-state index is 13.2. The lowest BCUT2D eigenvalue weighted by molar-refractivity contribution is -0.129. The third-order valence-electron chi connectivity index (χ3n) is 4.76. The summed E-state index contributed by atoms with van der Waals surface area (Å²) in [4.78, 5) is 11.9. The summed E-state index contributed by atoms with van der Waals surface area (Å²) in [5.74, 6) is -0.734. The largest absolute Gasteiger partial charge is 0.289 e. The van der Waals surface area contributed by atoms with Gasteiger partial charge in [-0.25, -0.2) is 13.9 Å². The van der Waals surface area contributed by atoms with Gasteiger partial charge in [-0.05, 0) is 35.2 Å². The van der Waals surface area contributed by atoms with Gasteiger partial charge in [0.05, 0.1) is 10.1 Å². The quantitative estimate of drug-likeness (QED) is 0.325. The number of amides is 1. The summed E-state index contributed by atoms with van der Waals surface area (Å²) in [5, 5.41) is 7.89. The van der Waals surface area contributed by atoms with E-state index in [0.717, 1.165) is 16.7 Å². The first-order chi connectivity index (χ1) is 14.5. The van der Waals surface area contributed by atoms with Crippen molar-refractivity contribution in [3.63, 3.8) is 0 Å². The summed E-state index contributed by atoms with van der Waals surface area (Å²) >= 11 is 0. The predicted octanol–water partition coefficient (Wildman–Crippen LogP) is 4.14. The van der Waals surface area contributed by atoms with E-state index in [1.165, 1.54) is 5.48 Å². The van der Waals surface area contributed by atoms with Gasteiger partial charge >= 0.3 is 0 Å². The van der Waals surface area contributed by atoms with Gasteiger partial charge in [-0.1, -0.05) is 84.9 Å². The van der Waals surface area contributed by atoms with Crippen LogP contribution in [0.15, 0.2) is 89.8 Å². The molecule has 1 unspecified atom stereocenters. The summed E-state index contributed by atoms with van der Waals surface area (Å²) < 4.78 is 26.4. The molecule has 0 saturated carbocycles. The van der Waals surface area contributed by atoms with Gasteiger partial charge in [0.2, 0.25) is 5.91 Å². The van der Waals surface area contributed by atoms with Gasteiger partial charge in [0.25, 0.3) is 0 Å². The highest BCUT2D eigenvalue weighted by molar-refractivity contribution is 7.92. The standard InChI is InChI=1S/C24H23NO4S/c26-24(25-27)18-23(17-21-9-5-2-6-10-21)30(28,29)22-15-13-20(14-16-22)12-11-19-7-3-1-4-8-19/h1-16,23,27H,17-18H2,(H,25,26). The molecule has 5 nitrogen and oxygen atoms in total. The lowest BCUT2D eigenvalue weighted by Crippen LogP contribution is -2.31. The molecule has 0 aliphatic heterocycles. The van der Waals surface area contributed by atoms with Crippen LogP contribution < -0.4 is 5.48 Å². The molecule has 0 bridgehead atoms. The van der Waals surface area contributed by atoms with E-state index in [9.17, 15) is 13.2 Å². The fourth-order valence-corrected chi connectivity index (χ4v) is 4.82. The molecule has 0 radical (unpaired) electrons. The Morgan fingerprint density at radius 1 is 0.833 bits per heavy atom. The van der Waals surface area contributed by atoms with Crippen molar-refractivity contribution in [2.45, 2.75) is 23.0 Å². The van der Waals surface area contributed by atoms with E-state index in [-0.39, 0.29) is 17.7 Å². The molecule has 154 valence electrons. The highest BCUT2D eigenvalue weighted by Crippen LogP contribution is 2.23. The molecule has 0 saturated heterocycles. The van der Waals surface area contributed by atoms with Crippen LogP contribution >= 0.6 is 0 Å². The molecule has 2 N–H and O–H groups in total. The highest BCUT2D eigenvalue weighted by Gasteiger charge is 2.30. The molecule has 0 spiro atoms. The lowest BCUT2D eigenvalue weighted by atomic mass is 10.1. The van der Waals surface area contributed by atoms with Gasteiger partial charge in [-0.15, -0.1) is 0 Å². The first-order valence-corrected chi connectivity index (χ1v) is 11.1. The third-order valence-corrected chi connectivity index (χ3v) is 6.90. The second kappa shape index (κ2) is 10.0. The van der Waals surface area contributed by atoms with E-state index < -0.39 is 21.0 Å². The number of hydrogen-bond donors (Lipinski definition) is 2. The third kappa shape index (κ3) is 5.65. The topological polar surface area (TPSA) is 83.5 Å². The predicted molar refractivity (Wildman–Crippen MR) is 117 cm³/mol. The molecule has 3 aromatic carbocycles. The van der Waals surface area contributed by atoms with Crippen LogP contribution in [0.3, 0.4) is 0 Å². The number of hydroxylamine groups is 1. The van der Waals surface area contributed by atoms with Crippen LogP contribution in [-0.4, -0.2) is 24.8 Å². The number of hydrogen-bond acceptors (Lipinski definition) is 4. The average molecular weight is 422 g/mol. The Morgan fingerprint density at radius 3 is 1.93 bits per heavy atom. The smallest absolute Gasteiger partial charge is 0.244 e. The van der Waals surface area contributed by atoms with Crippen LogP contribution in [0.2, 0.25) is 0 Å². The molecule has 30 heavy (non-hydrogen) atoms. The van der Waals surface area contributed by atoms with E-state index in [2.05, 4.69) is 0 Å². The fraction of sp³-hybridized carbons (Fsp3) is 0.125. The van der Waals surface area contributed by atoms with E-state index in [0.29, 0.717) is 0 Å². The van der Waals surface area contributed by atoms with Crippen molar-refractivity contribution in [2.24, 2.45) is 0 Å². The fourth-order valence-electron chi connectivity index (χ4n) is 3.14. The lowest BCUT2D eigenvalue weighted by Gasteiger charge is -2.17. The van der Waals surface area contributed by atoms with Crippen LogP contribution in [0.25, 0.3) is 12.2 Å². The number of carbonyl (C=O) groups excluding carboxylic acids is 1. The minimum atomic E-state index is -3.78. The second-order valence-corrected chi connectivity index (χ2v) is 9.14. The molecule has 6 heteroatoms. The normalized spacial score (nSPS) is 12.6. The van der Waals surface area contributed by atoms with Crippen molar-refractivity contribution < 1.29 is 18.4 Å². The number of nitrogens with one attached hydrogen (secondary N) is 1. The number of benzene rings is 3. The second-order valence-electron chi connectivity index (χ2n) is 6.91. The molecule has 3 rings (SSSR count). The number of rotatable bonds is 8. The van der Waals surface area contributed by atoms with Crippen LogP contribution in [-0.2, 0) is 21.1 Å². The Balaban J connectivity index is 1.82. The van der Waals surface area contributed by atoms with Crippen molar-refractivity contribution in [3.05, 3.63) is 102 Å². The summed E-state index contributed by atoms with van der Waals surface area (Å²) in [7, 11) is -3.78. The van der Waals surface area contributed by atoms with Crippen molar-refractivity contribution >= 4 is 27.9 Å². The summed E-state index contributed by atoms with van der Waals surface area (Å²) in [6.45, 7) is 0. The van der Waals surface area contributed by atoms with E-state index in [1.807, 2.05) is 72.8 Å². The Bertz CT molecular complexity index is 1090. The van der Waals surface area contributed by atoms with Crippen molar-refractivity contribution in [1.29, 1.82) is 0 Å². The molecule has 0 aliphatic rings. The minimum absolute atomic E-state index is 0.144. The van der Waals surface area contributed by atoms with E-state index in [1.54, 1.807) is 24.3 Å². The monoisotopic (exact) mass is 421 g/mol. The van der Waals surface area contributed by atoms with Crippen molar-refractivity contribution in [1.82, 2.24) is 5.48 Å². The first kappa shape index (κ1) is 21.5. The van der Waals surface area contributed by atoms with Crippen LogP contribution in [0.1, 0.15) is 23.1 Å². The molecule has 0 heterocycles. The molecule has 1 atom stereocenters. The van der Waals surface area contributed by atoms with Crippen LogP contribution in [0, 0.1) is 0 Å². The van der Waals surface area contributed by atoms with Gasteiger partial charge < -0.3 is 0 Å². The Hall–Kier alpha value is -3.22. The molecule has 0 fully saturated rings. The van der Waals surface area contributed by atoms with Gasteiger partial charge in [0.15, 0.2) is 9.84 Å². The zero-order valence-electron chi connectivity index (χ0n) is 16.3. The van der Waals surface area contributed by atoms with E-state index in [4.69, 9.17) is 5.21 Å². The van der Waals surface area contributed by atoms with Crippen LogP contribution in [0.5, 0.6) is 0 Å². The van der Waals surface area contributed by atoms with Crippen molar-refractivity contribution in [2.75, 3.05) is 0 Å². The maximum Gasteiger partial charge on any atom is 0.244 e. The molecule has 0 aromatic heterocycles. The van der Waals surface area contributed by atoms with Gasteiger partial charge in [-0.2, -0.15) is 0 Å². The Morgan fingerprint density at radius 2 is 1.37 bits per heavy atom. The SMILES string of the molecule is O=C(CC(Cc1ccccc1)S(=O)(=O)c1ccc(C=Cc2ccccc2)cc1)NO. The van der Waals surface area contributed by atoms with Gasteiger partial charge in [-0.3, -0.25) is 10.0 Å². The Kier molecular flexibility index (Phi) is 7.17. The summed E-state index contributed by atoms with van der Waals surface area (Å²) in [6, 6.07) is 25.5. The van der Waals surface area contributed by atoms with Gasteiger partial charge in [0.1, 0.15) is 0 Å². The maximum atomic E-state index is 13.2. The average Bonchev–Trinajstić information content (AvgIpc) is 2.79. The molecular weight excluding hydrogens is 398 g/mol. The number of sulfone groups is 1. The minimum Gasteiger partial charge on any atom is -0.289 e. The molecule has 1 amide bonds. The molecular formula is C24H23NO4S. The first-order valence-electron chi connectivity index (χ1n) is 9.53. The van der Waals surface area contributed by atoms with E-state index >= 15 is 0 Å². The zero-order valence-corrected chi connectivity index (χ0v) is 17.1. The summed E-state index contributed by atoms with van der Waals surface area (Å²) in [6.07, 6.45) is 3.70. The highest BCUT2D eigenvalue weighted by atomic mass is 32.2. The zero-order chi connectivity index (χ0) is 21.4. The molecule has 3 aromatic rings. The number of carbonyl (C=O) groups is 1.